The molecule has 1 fully saturated rings. The summed E-state index contributed by atoms with van der Waals surface area (Å²) in [6.45, 7) is 0.205. The van der Waals surface area contributed by atoms with Gasteiger partial charge < -0.3 is 4.90 Å². The summed E-state index contributed by atoms with van der Waals surface area (Å²) >= 11 is 0. The van der Waals surface area contributed by atoms with Crippen molar-refractivity contribution in [1.82, 2.24) is 0 Å². The number of piperidine rings is 1. The monoisotopic (exact) mass is 302 g/mol. The van der Waals surface area contributed by atoms with Crippen LogP contribution in [-0.2, 0) is 0 Å². The maximum absolute atomic E-state index is 12.6. The van der Waals surface area contributed by atoms with Crippen molar-refractivity contribution in [3.63, 3.8) is 0 Å². The first-order valence-electron chi connectivity index (χ1n) is 6.38. The average Bonchev–Trinajstić information content (AvgIpc) is 2.45. The van der Waals surface area contributed by atoms with Crippen molar-refractivity contribution in [2.24, 2.45) is 5.92 Å². The predicted molar refractivity (Wildman–Crippen MR) is 69.5 cm³/mol. The van der Waals surface area contributed by atoms with E-state index >= 15 is 0 Å². The van der Waals surface area contributed by atoms with Gasteiger partial charge in [0.15, 0.2) is 0 Å². The highest BCUT2D eigenvalue weighted by Gasteiger charge is 2.41. The Bertz CT molecular complexity index is 552. The van der Waals surface area contributed by atoms with Gasteiger partial charge in [-0.15, -0.1) is 0 Å². The summed E-state index contributed by atoms with van der Waals surface area (Å²) in [5, 5.41) is 11.0. The van der Waals surface area contributed by atoms with Crippen LogP contribution in [0.15, 0.2) is 18.2 Å². The largest absolute Gasteiger partial charge is 0.391 e. The van der Waals surface area contributed by atoms with E-state index in [1.165, 1.54) is 12.1 Å². The number of hydrogen-bond acceptors (Lipinski definition) is 4. The van der Waals surface area contributed by atoms with Crippen molar-refractivity contribution in [3.05, 3.63) is 33.9 Å². The molecule has 21 heavy (non-hydrogen) atoms. The van der Waals surface area contributed by atoms with Gasteiger partial charge in [0.05, 0.1) is 10.8 Å². The molecule has 1 aliphatic heterocycles. The predicted octanol–water partition coefficient (Wildman–Crippen LogP) is 3.19. The van der Waals surface area contributed by atoms with Crippen molar-refractivity contribution in [1.29, 1.82) is 0 Å². The average molecular weight is 302 g/mol. The van der Waals surface area contributed by atoms with Crippen LogP contribution in [0.1, 0.15) is 23.2 Å². The highest BCUT2D eigenvalue weighted by molar-refractivity contribution is 5.79. The van der Waals surface area contributed by atoms with Crippen molar-refractivity contribution < 1.29 is 22.9 Å². The molecule has 0 spiro atoms. The van der Waals surface area contributed by atoms with Crippen LogP contribution >= 0.6 is 0 Å². The summed E-state index contributed by atoms with van der Waals surface area (Å²) < 4.78 is 37.8. The Labute approximate surface area is 118 Å². The SMILES string of the molecule is O=Cc1ccc(N2CCC(C(F)(F)F)CC2)c([N+](=O)[O-])c1. The van der Waals surface area contributed by atoms with Crippen molar-refractivity contribution in [2.75, 3.05) is 18.0 Å². The lowest BCUT2D eigenvalue weighted by atomic mass is 9.95. The number of aldehydes is 1. The third-order valence-electron chi connectivity index (χ3n) is 3.63. The number of carbonyl (C=O) groups is 1. The van der Waals surface area contributed by atoms with E-state index in [4.69, 9.17) is 0 Å². The first-order chi connectivity index (χ1) is 9.82. The molecule has 1 aliphatic rings. The zero-order valence-electron chi connectivity index (χ0n) is 11.0. The molecule has 0 saturated carbocycles. The Kier molecular flexibility index (Phi) is 4.15. The van der Waals surface area contributed by atoms with E-state index in [9.17, 15) is 28.1 Å². The van der Waals surface area contributed by atoms with E-state index in [1.54, 1.807) is 4.90 Å². The minimum atomic E-state index is -4.22. The van der Waals surface area contributed by atoms with Crippen LogP contribution in [0.5, 0.6) is 0 Å². The maximum Gasteiger partial charge on any atom is 0.391 e. The van der Waals surface area contributed by atoms with E-state index < -0.39 is 17.0 Å². The molecular formula is C13H13F3N2O3. The van der Waals surface area contributed by atoms with Crippen molar-refractivity contribution >= 4 is 17.7 Å². The van der Waals surface area contributed by atoms with Gasteiger partial charge in [-0.05, 0) is 25.0 Å². The van der Waals surface area contributed by atoms with Gasteiger partial charge in [-0.25, -0.2) is 0 Å². The number of anilines is 1. The fraction of sp³-hybridized carbons (Fsp3) is 0.462. The number of nitro benzene ring substituents is 1. The first kappa shape index (κ1) is 15.3. The number of benzene rings is 1. The molecule has 0 N–H and O–H groups in total. The lowest BCUT2D eigenvalue weighted by Gasteiger charge is -2.34. The highest BCUT2D eigenvalue weighted by atomic mass is 19.4. The topological polar surface area (TPSA) is 63.5 Å². The molecule has 0 aliphatic carbocycles. The molecule has 0 unspecified atom stereocenters. The third kappa shape index (κ3) is 3.32. The molecular weight excluding hydrogens is 289 g/mol. The smallest absolute Gasteiger partial charge is 0.366 e. The maximum atomic E-state index is 12.6. The summed E-state index contributed by atoms with van der Waals surface area (Å²) in [5.74, 6) is -1.36. The molecule has 5 nitrogen and oxygen atoms in total. The quantitative estimate of drug-likeness (QED) is 0.488. The Hall–Kier alpha value is -2.12. The van der Waals surface area contributed by atoms with E-state index in [1.807, 2.05) is 0 Å². The fourth-order valence-electron chi connectivity index (χ4n) is 2.48. The summed E-state index contributed by atoms with van der Waals surface area (Å²) in [7, 11) is 0. The highest BCUT2D eigenvalue weighted by Crippen LogP contribution is 2.37. The molecule has 0 atom stereocenters. The molecule has 8 heteroatoms. The van der Waals surface area contributed by atoms with Crippen LogP contribution in [0.3, 0.4) is 0 Å². The standard InChI is InChI=1S/C13H13F3N2O3/c14-13(15,16)10-3-5-17(6-4-10)11-2-1-9(8-19)7-12(11)18(20)21/h1-2,7-8,10H,3-6H2. The molecule has 0 aromatic heterocycles. The minimum Gasteiger partial charge on any atom is -0.366 e. The Balaban J connectivity index is 2.20. The molecule has 0 amide bonds. The van der Waals surface area contributed by atoms with E-state index in [0.29, 0.717) is 6.29 Å². The van der Waals surface area contributed by atoms with Gasteiger partial charge in [0.25, 0.3) is 5.69 Å². The van der Waals surface area contributed by atoms with Crippen LogP contribution < -0.4 is 4.90 Å². The molecule has 2 rings (SSSR count). The number of alkyl halides is 3. The number of carbonyl (C=O) groups excluding carboxylic acids is 1. The minimum absolute atomic E-state index is 0.0872. The number of nitro groups is 1. The lowest BCUT2D eigenvalue weighted by molar-refractivity contribution is -0.384. The van der Waals surface area contributed by atoms with Crippen molar-refractivity contribution in [2.45, 2.75) is 19.0 Å². The van der Waals surface area contributed by atoms with Gasteiger partial charge in [0, 0.05) is 24.7 Å². The molecule has 1 saturated heterocycles. The summed E-state index contributed by atoms with van der Waals surface area (Å²) in [6.07, 6.45) is -3.90. The van der Waals surface area contributed by atoms with Crippen LogP contribution in [0, 0.1) is 16.0 Å². The molecule has 1 aromatic rings. The third-order valence-corrected chi connectivity index (χ3v) is 3.63. The molecule has 0 radical (unpaired) electrons. The lowest BCUT2D eigenvalue weighted by Crippen LogP contribution is -2.39. The van der Waals surface area contributed by atoms with Crippen molar-refractivity contribution in [3.8, 4) is 0 Å². The van der Waals surface area contributed by atoms with E-state index in [2.05, 4.69) is 0 Å². The Morgan fingerprint density at radius 3 is 2.38 bits per heavy atom. The first-order valence-corrected chi connectivity index (χ1v) is 6.38. The number of nitrogens with zero attached hydrogens (tertiary/aromatic N) is 2. The summed E-state index contributed by atoms with van der Waals surface area (Å²) in [6, 6.07) is 3.97. The Morgan fingerprint density at radius 1 is 1.29 bits per heavy atom. The van der Waals surface area contributed by atoms with E-state index in [-0.39, 0.29) is 42.9 Å². The van der Waals surface area contributed by atoms with E-state index in [0.717, 1.165) is 6.07 Å². The van der Waals surface area contributed by atoms with Gasteiger partial charge in [0.2, 0.25) is 0 Å². The molecule has 1 aromatic carbocycles. The van der Waals surface area contributed by atoms with Gasteiger partial charge in [0.1, 0.15) is 12.0 Å². The van der Waals surface area contributed by atoms with Gasteiger partial charge in [-0.3, -0.25) is 14.9 Å². The van der Waals surface area contributed by atoms with Gasteiger partial charge >= 0.3 is 6.18 Å². The number of hydrogen-bond donors (Lipinski definition) is 0. The molecule has 0 bridgehead atoms. The van der Waals surface area contributed by atoms with Crippen LogP contribution in [0.25, 0.3) is 0 Å². The number of rotatable bonds is 3. The van der Waals surface area contributed by atoms with Crippen LogP contribution in [0.2, 0.25) is 0 Å². The zero-order chi connectivity index (χ0) is 15.6. The van der Waals surface area contributed by atoms with Crippen LogP contribution in [-0.4, -0.2) is 30.5 Å². The van der Waals surface area contributed by atoms with Gasteiger partial charge in [-0.1, -0.05) is 0 Å². The molecule has 1 heterocycles. The second kappa shape index (κ2) is 5.71. The summed E-state index contributed by atoms with van der Waals surface area (Å²) in [5.41, 5.74) is 0.159. The Morgan fingerprint density at radius 2 is 1.90 bits per heavy atom. The normalized spacial score (nSPS) is 16.8. The zero-order valence-corrected chi connectivity index (χ0v) is 11.0. The molecule has 114 valence electrons. The fourth-order valence-corrected chi connectivity index (χ4v) is 2.48. The second-order valence-electron chi connectivity index (χ2n) is 4.93. The summed E-state index contributed by atoms with van der Waals surface area (Å²) in [4.78, 5) is 22.6. The number of halogens is 3. The second-order valence-corrected chi connectivity index (χ2v) is 4.93. The van der Waals surface area contributed by atoms with Crippen LogP contribution in [0.4, 0.5) is 24.5 Å². The van der Waals surface area contributed by atoms with Gasteiger partial charge in [-0.2, -0.15) is 13.2 Å².